The Morgan fingerprint density at radius 1 is 1.38 bits per heavy atom. The molecule has 9 heteroatoms. The van der Waals surface area contributed by atoms with Gasteiger partial charge >= 0.3 is 0 Å². The Balaban J connectivity index is 2.17. The monoisotopic (exact) mass is 419 g/mol. The van der Waals surface area contributed by atoms with Gasteiger partial charge in [-0.15, -0.1) is 0 Å². The molecule has 0 aliphatic rings. The maximum absolute atomic E-state index is 12.1. The van der Waals surface area contributed by atoms with Crippen molar-refractivity contribution in [2.45, 2.75) is 0 Å². The molecule has 2 N–H and O–H groups in total. The van der Waals surface area contributed by atoms with Crippen molar-refractivity contribution in [1.29, 1.82) is 0 Å². The molecule has 8 nitrogen and oxygen atoms in total. The normalized spacial score (nSPS) is 10.5. The van der Waals surface area contributed by atoms with E-state index in [2.05, 4.69) is 33.0 Å². The standard InChI is InChI=1S/C17H14BrN3O5/c1-2-7-26-16-6-3-12(18)8-11(16)10-19-20-17(23)14-9-13(21(24)25)4-5-15(14)22/h2-6,8-10,22H,1,7H2,(H,20,23)/b19-10-. The summed E-state index contributed by atoms with van der Waals surface area (Å²) in [5.74, 6) is -0.643. The number of hydrazone groups is 1. The van der Waals surface area contributed by atoms with Crippen molar-refractivity contribution < 1.29 is 19.6 Å². The molecule has 0 saturated carbocycles. The van der Waals surface area contributed by atoms with E-state index in [4.69, 9.17) is 4.74 Å². The predicted molar refractivity (Wildman–Crippen MR) is 99.7 cm³/mol. The lowest BCUT2D eigenvalue weighted by Crippen LogP contribution is -2.18. The van der Waals surface area contributed by atoms with Crippen LogP contribution in [0.15, 0.2) is 58.6 Å². The molecule has 0 aliphatic heterocycles. The van der Waals surface area contributed by atoms with Crippen LogP contribution in [0.2, 0.25) is 0 Å². The van der Waals surface area contributed by atoms with Gasteiger partial charge in [-0.3, -0.25) is 14.9 Å². The molecule has 26 heavy (non-hydrogen) atoms. The van der Waals surface area contributed by atoms with Crippen LogP contribution in [-0.2, 0) is 0 Å². The Kier molecular flexibility index (Phi) is 6.45. The Morgan fingerprint density at radius 2 is 2.15 bits per heavy atom. The van der Waals surface area contributed by atoms with E-state index < -0.39 is 10.8 Å². The second-order valence-electron chi connectivity index (χ2n) is 4.94. The van der Waals surface area contributed by atoms with Crippen LogP contribution >= 0.6 is 15.9 Å². The van der Waals surface area contributed by atoms with E-state index in [-0.39, 0.29) is 17.0 Å². The summed E-state index contributed by atoms with van der Waals surface area (Å²) < 4.78 is 6.27. The molecule has 0 saturated heterocycles. The highest BCUT2D eigenvalue weighted by Crippen LogP contribution is 2.23. The first-order chi connectivity index (χ1) is 12.4. The predicted octanol–water partition coefficient (Wildman–Crippen LogP) is 3.39. The number of ether oxygens (including phenoxy) is 1. The molecule has 2 rings (SSSR count). The molecule has 134 valence electrons. The summed E-state index contributed by atoms with van der Waals surface area (Å²) in [5, 5.41) is 24.3. The maximum atomic E-state index is 12.1. The van der Waals surface area contributed by atoms with Gasteiger partial charge in [0.05, 0.1) is 16.7 Å². The number of hydrogen-bond donors (Lipinski definition) is 2. The molecule has 2 aromatic rings. The third-order valence-electron chi connectivity index (χ3n) is 3.13. The number of benzene rings is 2. The molecule has 0 fully saturated rings. The van der Waals surface area contributed by atoms with Gasteiger partial charge in [-0.05, 0) is 24.3 Å². The van der Waals surface area contributed by atoms with E-state index >= 15 is 0 Å². The van der Waals surface area contributed by atoms with Gasteiger partial charge in [-0.25, -0.2) is 5.43 Å². The zero-order chi connectivity index (χ0) is 19.1. The molecule has 0 unspecified atom stereocenters. The first-order valence-electron chi connectivity index (χ1n) is 7.26. The van der Waals surface area contributed by atoms with E-state index in [1.54, 1.807) is 24.3 Å². The Morgan fingerprint density at radius 3 is 2.85 bits per heavy atom. The van der Waals surface area contributed by atoms with E-state index in [0.717, 1.165) is 22.7 Å². The van der Waals surface area contributed by atoms with Crippen LogP contribution in [-0.4, -0.2) is 28.8 Å². The van der Waals surface area contributed by atoms with Crippen LogP contribution in [0.3, 0.4) is 0 Å². The highest BCUT2D eigenvalue weighted by Gasteiger charge is 2.16. The number of nitrogens with one attached hydrogen (secondary N) is 1. The van der Waals surface area contributed by atoms with Gasteiger partial charge in [0.1, 0.15) is 18.1 Å². The van der Waals surface area contributed by atoms with Crippen molar-refractivity contribution in [2.75, 3.05) is 6.61 Å². The number of phenolic OH excluding ortho intramolecular Hbond substituents is 1. The third kappa shape index (κ3) is 4.90. The molecule has 0 spiro atoms. The second-order valence-corrected chi connectivity index (χ2v) is 5.86. The minimum absolute atomic E-state index is 0.256. The minimum Gasteiger partial charge on any atom is -0.507 e. The van der Waals surface area contributed by atoms with Gasteiger partial charge in [-0.2, -0.15) is 5.10 Å². The summed E-state index contributed by atoms with van der Waals surface area (Å²) in [4.78, 5) is 22.2. The summed E-state index contributed by atoms with van der Waals surface area (Å²) in [6.07, 6.45) is 2.95. The first-order valence-corrected chi connectivity index (χ1v) is 8.05. The second kappa shape index (κ2) is 8.77. The number of carbonyl (C=O) groups excluding carboxylic acids is 1. The van der Waals surface area contributed by atoms with Crippen molar-refractivity contribution in [3.05, 3.63) is 74.8 Å². The van der Waals surface area contributed by atoms with Gasteiger partial charge in [0.15, 0.2) is 0 Å². The van der Waals surface area contributed by atoms with Crippen LogP contribution in [0.4, 0.5) is 5.69 Å². The summed E-state index contributed by atoms with van der Waals surface area (Å²) >= 11 is 3.33. The van der Waals surface area contributed by atoms with Crippen molar-refractivity contribution >= 4 is 33.7 Å². The van der Waals surface area contributed by atoms with Crippen LogP contribution in [0, 0.1) is 10.1 Å². The molecular weight excluding hydrogens is 406 g/mol. The van der Waals surface area contributed by atoms with E-state index in [0.29, 0.717) is 17.9 Å². The van der Waals surface area contributed by atoms with Crippen LogP contribution < -0.4 is 10.2 Å². The summed E-state index contributed by atoms with van der Waals surface area (Å²) in [6, 6.07) is 8.39. The molecule has 0 radical (unpaired) electrons. The van der Waals surface area contributed by atoms with Crippen molar-refractivity contribution in [1.82, 2.24) is 5.43 Å². The Bertz CT molecular complexity index is 883. The number of aromatic hydroxyl groups is 1. The first kappa shape index (κ1) is 19.1. The van der Waals surface area contributed by atoms with Gasteiger partial charge < -0.3 is 9.84 Å². The van der Waals surface area contributed by atoms with Crippen LogP contribution in [0.5, 0.6) is 11.5 Å². The number of non-ortho nitro benzene ring substituents is 1. The summed E-state index contributed by atoms with van der Waals surface area (Å²) in [5.41, 5.74) is 2.23. The fourth-order valence-electron chi connectivity index (χ4n) is 1.94. The number of carbonyl (C=O) groups is 1. The van der Waals surface area contributed by atoms with Gasteiger partial charge in [-0.1, -0.05) is 28.6 Å². The van der Waals surface area contributed by atoms with Gasteiger partial charge in [0, 0.05) is 22.2 Å². The lowest BCUT2D eigenvalue weighted by molar-refractivity contribution is -0.384. The smallest absolute Gasteiger partial charge is 0.275 e. The zero-order valence-electron chi connectivity index (χ0n) is 13.4. The van der Waals surface area contributed by atoms with E-state index in [1.165, 1.54) is 6.21 Å². The molecule has 0 bridgehead atoms. The average molecular weight is 420 g/mol. The fourth-order valence-corrected chi connectivity index (χ4v) is 2.32. The highest BCUT2D eigenvalue weighted by atomic mass is 79.9. The highest BCUT2D eigenvalue weighted by molar-refractivity contribution is 9.10. The average Bonchev–Trinajstić information content (AvgIpc) is 2.61. The van der Waals surface area contributed by atoms with E-state index in [9.17, 15) is 20.0 Å². The fraction of sp³-hybridized carbons (Fsp3) is 0.0588. The number of nitro benzene ring substituents is 1. The van der Waals surface area contributed by atoms with Crippen molar-refractivity contribution in [3.63, 3.8) is 0 Å². The zero-order valence-corrected chi connectivity index (χ0v) is 15.0. The third-order valence-corrected chi connectivity index (χ3v) is 3.63. The quantitative estimate of drug-likeness (QED) is 0.309. The molecular formula is C17H14BrN3O5. The number of halogens is 1. The molecule has 0 aliphatic carbocycles. The Labute approximate surface area is 157 Å². The Hall–Kier alpha value is -3.20. The van der Waals surface area contributed by atoms with E-state index in [1.807, 2.05) is 0 Å². The molecule has 2 aromatic carbocycles. The summed E-state index contributed by atoms with van der Waals surface area (Å²) in [6.45, 7) is 3.88. The molecule has 0 aromatic heterocycles. The topological polar surface area (TPSA) is 114 Å². The van der Waals surface area contributed by atoms with Crippen molar-refractivity contribution in [3.8, 4) is 11.5 Å². The number of amides is 1. The lowest BCUT2D eigenvalue weighted by Gasteiger charge is -2.07. The lowest BCUT2D eigenvalue weighted by atomic mass is 10.1. The SMILES string of the molecule is C=CCOc1ccc(Br)cc1/C=N\NC(=O)c1cc([N+](=O)[O-])ccc1O. The number of nitrogens with zero attached hydrogens (tertiary/aromatic N) is 2. The summed E-state index contributed by atoms with van der Waals surface area (Å²) in [7, 11) is 0. The van der Waals surface area contributed by atoms with Gasteiger partial charge in [0.25, 0.3) is 11.6 Å². The molecule has 0 atom stereocenters. The molecule has 0 heterocycles. The number of rotatable bonds is 7. The number of phenols is 1. The van der Waals surface area contributed by atoms with Crippen molar-refractivity contribution in [2.24, 2.45) is 5.10 Å². The number of hydrogen-bond acceptors (Lipinski definition) is 6. The largest absolute Gasteiger partial charge is 0.507 e. The molecule has 1 amide bonds. The number of nitro groups is 1. The van der Waals surface area contributed by atoms with Crippen LogP contribution in [0.1, 0.15) is 15.9 Å². The maximum Gasteiger partial charge on any atom is 0.275 e. The van der Waals surface area contributed by atoms with Gasteiger partial charge in [0.2, 0.25) is 0 Å². The van der Waals surface area contributed by atoms with Crippen LogP contribution in [0.25, 0.3) is 0 Å². The minimum atomic E-state index is -0.786.